The highest BCUT2D eigenvalue weighted by Crippen LogP contribution is 2.49. The van der Waals surface area contributed by atoms with Crippen LogP contribution in [0.1, 0.15) is 56.5 Å². The highest BCUT2D eigenvalue weighted by atomic mass is 32.2. The second kappa shape index (κ2) is 9.48. The van der Waals surface area contributed by atoms with Gasteiger partial charge in [0.15, 0.2) is 17.9 Å². The number of hydrogen-bond acceptors (Lipinski definition) is 2. The van der Waals surface area contributed by atoms with E-state index >= 15 is 0 Å². The summed E-state index contributed by atoms with van der Waals surface area (Å²) in [5, 5.41) is 3.92. The predicted octanol–water partition coefficient (Wildman–Crippen LogP) is 7.50. The monoisotopic (exact) mass is 431 g/mol. The van der Waals surface area contributed by atoms with Crippen molar-refractivity contribution < 1.29 is 4.57 Å². The topological polar surface area (TPSA) is 7.12 Å². The fourth-order valence-corrected chi connectivity index (χ4v) is 5.86. The fraction of sp³-hybridized carbons (Fsp3) is 0.393. The highest BCUT2D eigenvalue weighted by Gasteiger charge is 2.25. The molecular formula is C28H35N2S+. The van der Waals surface area contributed by atoms with Crippen LogP contribution in [0.2, 0.25) is 0 Å². The van der Waals surface area contributed by atoms with Crippen molar-refractivity contribution in [2.24, 2.45) is 5.92 Å². The van der Waals surface area contributed by atoms with Crippen molar-refractivity contribution in [3.8, 4) is 0 Å². The van der Waals surface area contributed by atoms with Gasteiger partial charge < -0.3 is 4.90 Å². The molecule has 0 bridgehead atoms. The maximum absolute atomic E-state index is 2.51. The molecule has 0 aliphatic carbocycles. The molecule has 1 atom stereocenters. The molecule has 2 heterocycles. The lowest BCUT2D eigenvalue weighted by Crippen LogP contribution is -2.43. The Balaban J connectivity index is 1.61. The molecule has 0 amide bonds. The lowest BCUT2D eigenvalue weighted by molar-refractivity contribution is -0.714. The van der Waals surface area contributed by atoms with Gasteiger partial charge in [-0.25, -0.2) is 0 Å². The van der Waals surface area contributed by atoms with E-state index in [9.17, 15) is 0 Å². The molecule has 0 unspecified atom stereocenters. The minimum absolute atomic E-state index is 0.769. The molecular weight excluding hydrogens is 396 g/mol. The van der Waals surface area contributed by atoms with Gasteiger partial charge in [-0.1, -0.05) is 68.8 Å². The summed E-state index contributed by atoms with van der Waals surface area (Å²) in [5.74, 6) is 0.769. The number of anilines is 1. The van der Waals surface area contributed by atoms with Crippen LogP contribution in [0.15, 0.2) is 58.5 Å². The van der Waals surface area contributed by atoms with Gasteiger partial charge in [-0.15, -0.1) is 0 Å². The lowest BCUT2D eigenvalue weighted by Gasteiger charge is -2.16. The number of hydrogen-bond donors (Lipinski definition) is 0. The Hall–Kier alpha value is -2.26. The number of fused-ring (bicyclic) bond motifs is 3. The number of benzene rings is 2. The first-order chi connectivity index (χ1) is 15.0. The van der Waals surface area contributed by atoms with E-state index in [4.69, 9.17) is 0 Å². The van der Waals surface area contributed by atoms with E-state index in [2.05, 4.69) is 98.8 Å². The van der Waals surface area contributed by atoms with Gasteiger partial charge in [0.1, 0.15) is 0 Å². The van der Waals surface area contributed by atoms with E-state index < -0.39 is 0 Å². The molecule has 4 rings (SSSR count). The van der Waals surface area contributed by atoms with E-state index in [1.165, 1.54) is 69.0 Å². The van der Waals surface area contributed by atoms with Gasteiger partial charge in [0.2, 0.25) is 0 Å². The molecule has 0 saturated heterocycles. The summed E-state index contributed by atoms with van der Waals surface area (Å²) >= 11 is 1.87. The number of thioether (sulfide) groups is 1. The summed E-state index contributed by atoms with van der Waals surface area (Å²) in [6.07, 6.45) is 7.55. The molecule has 1 aliphatic rings. The van der Waals surface area contributed by atoms with Crippen molar-refractivity contribution in [1.29, 1.82) is 0 Å². The quantitative estimate of drug-likeness (QED) is 0.358. The summed E-state index contributed by atoms with van der Waals surface area (Å²) in [6, 6.07) is 17.9. The van der Waals surface area contributed by atoms with Crippen LogP contribution < -0.4 is 9.47 Å². The van der Waals surface area contributed by atoms with Gasteiger partial charge in [-0.05, 0) is 35.9 Å². The van der Waals surface area contributed by atoms with Crippen molar-refractivity contribution in [1.82, 2.24) is 0 Å². The molecule has 0 spiro atoms. The third-order valence-electron chi connectivity index (χ3n) is 6.62. The van der Waals surface area contributed by atoms with Gasteiger partial charge in [-0.2, -0.15) is 4.57 Å². The van der Waals surface area contributed by atoms with E-state index in [0.717, 1.165) is 12.5 Å². The van der Waals surface area contributed by atoms with Crippen LogP contribution in [0, 0.1) is 19.8 Å². The zero-order valence-corrected chi connectivity index (χ0v) is 20.4. The number of rotatable bonds is 7. The Morgan fingerprint density at radius 2 is 1.77 bits per heavy atom. The van der Waals surface area contributed by atoms with Crippen LogP contribution in [-0.4, -0.2) is 7.05 Å². The minimum Gasteiger partial charge on any atom is -0.338 e. The second-order valence-electron chi connectivity index (χ2n) is 8.88. The second-order valence-corrected chi connectivity index (χ2v) is 9.94. The molecule has 0 saturated carbocycles. The van der Waals surface area contributed by atoms with Crippen molar-refractivity contribution >= 4 is 34.3 Å². The fourth-order valence-electron chi connectivity index (χ4n) is 4.73. The van der Waals surface area contributed by atoms with Crippen LogP contribution in [0.4, 0.5) is 5.69 Å². The van der Waals surface area contributed by atoms with Gasteiger partial charge in [0, 0.05) is 49.2 Å². The molecule has 2 nitrogen and oxygen atoms in total. The smallest absolute Gasteiger partial charge is 0.179 e. The summed E-state index contributed by atoms with van der Waals surface area (Å²) in [4.78, 5) is 3.69. The van der Waals surface area contributed by atoms with Crippen LogP contribution in [0.3, 0.4) is 0 Å². The number of nitrogens with zero attached hydrogens (tertiary/aromatic N) is 2. The first-order valence-corrected chi connectivity index (χ1v) is 12.5. The average molecular weight is 432 g/mol. The SMILES string of the molecule is CCCC[C@@H](CC)C[n+]1c(C)cc(/C=C2\Sc3ccc4ccccc4c3N2C)cc1C. The Morgan fingerprint density at radius 1 is 1.03 bits per heavy atom. The Labute approximate surface area is 192 Å². The molecule has 3 heteroatoms. The molecule has 31 heavy (non-hydrogen) atoms. The Morgan fingerprint density at radius 3 is 2.48 bits per heavy atom. The summed E-state index contributed by atoms with van der Waals surface area (Å²) in [6.45, 7) is 10.3. The minimum atomic E-state index is 0.769. The third-order valence-corrected chi connectivity index (χ3v) is 7.77. The maximum Gasteiger partial charge on any atom is 0.179 e. The Bertz CT molecular complexity index is 1090. The zero-order chi connectivity index (χ0) is 22.0. The molecule has 1 aromatic heterocycles. The van der Waals surface area contributed by atoms with Gasteiger partial charge in [-0.3, -0.25) is 0 Å². The maximum atomic E-state index is 2.51. The van der Waals surface area contributed by atoms with E-state index in [-0.39, 0.29) is 0 Å². The Kier molecular flexibility index (Phi) is 6.71. The summed E-state index contributed by atoms with van der Waals surface area (Å²) in [7, 11) is 2.19. The van der Waals surface area contributed by atoms with E-state index in [1.54, 1.807) is 0 Å². The number of aryl methyl sites for hydroxylation is 2. The van der Waals surface area contributed by atoms with Gasteiger partial charge in [0.25, 0.3) is 0 Å². The van der Waals surface area contributed by atoms with Gasteiger partial charge >= 0.3 is 0 Å². The molecule has 0 N–H and O–H groups in total. The van der Waals surface area contributed by atoms with Crippen molar-refractivity contribution in [3.63, 3.8) is 0 Å². The van der Waals surface area contributed by atoms with E-state index in [1.807, 2.05) is 11.8 Å². The standard InChI is InChI=1S/C28H35N2S/c1-6-8-11-22(7-2)19-30-20(3)16-23(17-21(30)4)18-27-29(5)28-25-13-10-9-12-24(25)14-15-26(28)31-27/h9-10,12-18,22H,6-8,11,19H2,1-5H3/q+1/t22-/m1/s1. The van der Waals surface area contributed by atoms with Crippen molar-refractivity contribution in [2.45, 2.75) is 64.8 Å². The zero-order valence-electron chi connectivity index (χ0n) is 19.6. The summed E-state index contributed by atoms with van der Waals surface area (Å²) in [5.41, 5.74) is 5.33. The number of unbranched alkanes of at least 4 members (excludes halogenated alkanes) is 1. The lowest BCUT2D eigenvalue weighted by atomic mass is 9.98. The first-order valence-electron chi connectivity index (χ1n) is 11.7. The third kappa shape index (κ3) is 4.52. The first kappa shape index (κ1) is 22.0. The van der Waals surface area contributed by atoms with Crippen LogP contribution >= 0.6 is 11.8 Å². The summed E-state index contributed by atoms with van der Waals surface area (Å²) < 4.78 is 2.51. The molecule has 0 fully saturated rings. The van der Waals surface area contributed by atoms with Crippen LogP contribution in [0.25, 0.3) is 16.8 Å². The molecule has 1 aliphatic heterocycles. The largest absolute Gasteiger partial charge is 0.338 e. The van der Waals surface area contributed by atoms with Crippen molar-refractivity contribution in [3.05, 3.63) is 70.5 Å². The van der Waals surface area contributed by atoms with Crippen molar-refractivity contribution in [2.75, 3.05) is 11.9 Å². The van der Waals surface area contributed by atoms with Crippen LogP contribution in [0.5, 0.6) is 0 Å². The van der Waals surface area contributed by atoms with E-state index in [0.29, 0.717) is 0 Å². The normalized spacial score (nSPS) is 15.6. The number of pyridine rings is 1. The molecule has 0 radical (unpaired) electrons. The average Bonchev–Trinajstić information content (AvgIpc) is 3.08. The predicted molar refractivity (Wildman–Crippen MR) is 136 cm³/mol. The highest BCUT2D eigenvalue weighted by molar-refractivity contribution is 8.04. The van der Waals surface area contributed by atoms with Crippen LogP contribution in [-0.2, 0) is 6.54 Å². The molecule has 3 aromatic rings. The van der Waals surface area contributed by atoms with Gasteiger partial charge in [0.05, 0.1) is 10.7 Å². The molecule has 162 valence electrons. The molecule has 2 aromatic carbocycles. The number of aromatic nitrogens is 1.